The van der Waals surface area contributed by atoms with E-state index in [1.54, 1.807) is 24.3 Å². The Kier molecular flexibility index (Phi) is 6.13. The lowest BCUT2D eigenvalue weighted by molar-refractivity contribution is -0.122. The van der Waals surface area contributed by atoms with Gasteiger partial charge >= 0.3 is 0 Å². The predicted molar refractivity (Wildman–Crippen MR) is 113 cm³/mol. The van der Waals surface area contributed by atoms with Crippen LogP contribution in [0.15, 0.2) is 48.5 Å². The monoisotopic (exact) mass is 392 g/mol. The van der Waals surface area contributed by atoms with Gasteiger partial charge in [0.2, 0.25) is 0 Å². The van der Waals surface area contributed by atoms with Crippen LogP contribution >= 0.6 is 0 Å². The number of hydrogen-bond donors (Lipinski definition) is 2. The van der Waals surface area contributed by atoms with Crippen molar-refractivity contribution in [2.24, 2.45) is 5.92 Å². The van der Waals surface area contributed by atoms with Crippen molar-refractivity contribution >= 4 is 17.5 Å². The molecular weight excluding hydrogens is 364 g/mol. The van der Waals surface area contributed by atoms with Crippen LogP contribution in [0.5, 0.6) is 5.75 Å². The van der Waals surface area contributed by atoms with E-state index in [0.29, 0.717) is 24.2 Å². The highest BCUT2D eigenvalue weighted by molar-refractivity contribution is 5.98. The SMILES string of the molecule is O=C(NCCCC1CCCC1)c1cccc(NC(=O)C2Cc3ccccc3O2)c1. The van der Waals surface area contributed by atoms with Crippen molar-refractivity contribution in [1.82, 2.24) is 5.32 Å². The first-order chi connectivity index (χ1) is 14.2. The molecule has 1 unspecified atom stereocenters. The van der Waals surface area contributed by atoms with E-state index in [2.05, 4.69) is 10.6 Å². The van der Waals surface area contributed by atoms with Gasteiger partial charge < -0.3 is 15.4 Å². The number of amides is 2. The summed E-state index contributed by atoms with van der Waals surface area (Å²) >= 11 is 0. The van der Waals surface area contributed by atoms with Crippen LogP contribution < -0.4 is 15.4 Å². The van der Waals surface area contributed by atoms with Crippen molar-refractivity contribution in [2.45, 2.75) is 51.0 Å². The fraction of sp³-hybridized carbons (Fsp3) is 0.417. The van der Waals surface area contributed by atoms with Gasteiger partial charge in [-0.3, -0.25) is 9.59 Å². The third kappa shape index (κ3) is 4.97. The highest BCUT2D eigenvalue weighted by Crippen LogP contribution is 2.29. The summed E-state index contributed by atoms with van der Waals surface area (Å²) in [5.74, 6) is 1.31. The van der Waals surface area contributed by atoms with E-state index >= 15 is 0 Å². The number of fused-ring (bicyclic) bond motifs is 1. The molecule has 1 heterocycles. The van der Waals surface area contributed by atoms with Gasteiger partial charge in [-0.1, -0.05) is 49.9 Å². The summed E-state index contributed by atoms with van der Waals surface area (Å²) in [4.78, 5) is 25.0. The molecule has 0 saturated heterocycles. The number of benzene rings is 2. The molecule has 2 amide bonds. The van der Waals surface area contributed by atoms with Crippen molar-refractivity contribution in [3.63, 3.8) is 0 Å². The van der Waals surface area contributed by atoms with E-state index in [1.165, 1.54) is 32.1 Å². The minimum absolute atomic E-state index is 0.1000. The Morgan fingerprint density at radius 2 is 1.86 bits per heavy atom. The second-order valence-corrected chi connectivity index (χ2v) is 8.04. The van der Waals surface area contributed by atoms with Crippen LogP contribution in [0, 0.1) is 5.92 Å². The molecule has 2 aromatic rings. The minimum atomic E-state index is -0.541. The summed E-state index contributed by atoms with van der Waals surface area (Å²) in [7, 11) is 0. The highest BCUT2D eigenvalue weighted by Gasteiger charge is 2.28. The average molecular weight is 392 g/mol. The molecule has 1 saturated carbocycles. The van der Waals surface area contributed by atoms with E-state index in [4.69, 9.17) is 4.74 Å². The molecule has 1 aliphatic carbocycles. The minimum Gasteiger partial charge on any atom is -0.480 e. The molecule has 152 valence electrons. The molecule has 0 spiro atoms. The molecule has 0 bridgehead atoms. The molecule has 1 atom stereocenters. The first-order valence-electron chi connectivity index (χ1n) is 10.6. The van der Waals surface area contributed by atoms with Crippen LogP contribution in [-0.2, 0) is 11.2 Å². The van der Waals surface area contributed by atoms with Crippen LogP contribution in [0.2, 0.25) is 0 Å². The third-order valence-electron chi connectivity index (χ3n) is 5.88. The summed E-state index contributed by atoms with van der Waals surface area (Å²) in [6.07, 6.45) is 7.62. The number of para-hydroxylation sites is 1. The second-order valence-electron chi connectivity index (χ2n) is 8.04. The predicted octanol–water partition coefficient (Wildman–Crippen LogP) is 4.33. The Hall–Kier alpha value is -2.82. The maximum atomic E-state index is 12.6. The molecular formula is C24H28N2O3. The molecule has 0 radical (unpaired) electrons. The van der Waals surface area contributed by atoms with Crippen LogP contribution in [0.3, 0.4) is 0 Å². The number of hydrogen-bond acceptors (Lipinski definition) is 3. The summed E-state index contributed by atoms with van der Waals surface area (Å²) < 4.78 is 5.73. The first-order valence-corrected chi connectivity index (χ1v) is 10.6. The summed E-state index contributed by atoms with van der Waals surface area (Å²) in [6.45, 7) is 0.695. The number of rotatable bonds is 7. The third-order valence-corrected chi connectivity index (χ3v) is 5.88. The molecule has 29 heavy (non-hydrogen) atoms. The van der Waals surface area contributed by atoms with Crippen LogP contribution in [0.1, 0.15) is 54.4 Å². The molecule has 5 heteroatoms. The lowest BCUT2D eigenvalue weighted by atomic mass is 10.0. The molecule has 0 aromatic heterocycles. The zero-order valence-corrected chi connectivity index (χ0v) is 16.7. The van der Waals surface area contributed by atoms with Crippen LogP contribution in [-0.4, -0.2) is 24.5 Å². The summed E-state index contributed by atoms with van der Waals surface area (Å²) in [5.41, 5.74) is 2.20. The van der Waals surface area contributed by atoms with Gasteiger partial charge in [0.25, 0.3) is 11.8 Å². The van der Waals surface area contributed by atoms with E-state index in [9.17, 15) is 9.59 Å². The molecule has 2 aliphatic rings. The van der Waals surface area contributed by atoms with Crippen molar-refractivity contribution < 1.29 is 14.3 Å². The first kappa shape index (κ1) is 19.5. The summed E-state index contributed by atoms with van der Waals surface area (Å²) in [6, 6.07) is 14.7. The van der Waals surface area contributed by atoms with Crippen LogP contribution in [0.25, 0.3) is 0 Å². The Morgan fingerprint density at radius 3 is 2.69 bits per heavy atom. The maximum Gasteiger partial charge on any atom is 0.265 e. The molecule has 1 aliphatic heterocycles. The van der Waals surface area contributed by atoms with E-state index in [1.807, 2.05) is 24.3 Å². The van der Waals surface area contributed by atoms with Gasteiger partial charge in [-0.05, 0) is 48.6 Å². The van der Waals surface area contributed by atoms with Gasteiger partial charge in [-0.25, -0.2) is 0 Å². The van der Waals surface area contributed by atoms with Crippen molar-refractivity contribution in [2.75, 3.05) is 11.9 Å². The molecule has 5 nitrogen and oxygen atoms in total. The fourth-order valence-corrected chi connectivity index (χ4v) is 4.28. The van der Waals surface area contributed by atoms with Crippen molar-refractivity contribution in [1.29, 1.82) is 0 Å². The van der Waals surface area contributed by atoms with Gasteiger partial charge in [0.1, 0.15) is 5.75 Å². The fourth-order valence-electron chi connectivity index (χ4n) is 4.28. The number of ether oxygens (including phenoxy) is 1. The van der Waals surface area contributed by atoms with E-state index in [-0.39, 0.29) is 11.8 Å². The van der Waals surface area contributed by atoms with Gasteiger partial charge in [0, 0.05) is 24.2 Å². The standard InChI is InChI=1S/C24H28N2O3/c27-23(25-14-6-9-17-7-1-2-8-17)19-11-5-12-20(15-19)26-24(28)22-16-18-10-3-4-13-21(18)29-22/h3-5,10-13,15,17,22H,1-2,6-9,14,16H2,(H,25,27)(H,26,28). The lowest BCUT2D eigenvalue weighted by Crippen LogP contribution is -2.31. The van der Waals surface area contributed by atoms with Crippen LogP contribution in [0.4, 0.5) is 5.69 Å². The van der Waals surface area contributed by atoms with Gasteiger partial charge in [-0.15, -0.1) is 0 Å². The Labute approximate surface area is 171 Å². The van der Waals surface area contributed by atoms with E-state index in [0.717, 1.165) is 23.7 Å². The molecule has 1 fully saturated rings. The molecule has 2 aromatic carbocycles. The molecule has 4 rings (SSSR count). The van der Waals surface area contributed by atoms with Crippen molar-refractivity contribution in [3.8, 4) is 5.75 Å². The Bertz CT molecular complexity index is 849. The Balaban J connectivity index is 1.27. The zero-order chi connectivity index (χ0) is 20.1. The van der Waals surface area contributed by atoms with E-state index < -0.39 is 6.10 Å². The Morgan fingerprint density at radius 1 is 1.03 bits per heavy atom. The normalized spacial score (nSPS) is 18.1. The lowest BCUT2D eigenvalue weighted by Gasteiger charge is -2.12. The number of anilines is 1. The maximum absolute atomic E-state index is 12.6. The zero-order valence-electron chi connectivity index (χ0n) is 16.7. The smallest absolute Gasteiger partial charge is 0.265 e. The number of carbonyl (C=O) groups excluding carboxylic acids is 2. The molecule has 2 N–H and O–H groups in total. The second kappa shape index (κ2) is 9.12. The van der Waals surface area contributed by atoms with Gasteiger partial charge in [0.05, 0.1) is 0 Å². The van der Waals surface area contributed by atoms with Gasteiger partial charge in [-0.2, -0.15) is 0 Å². The topological polar surface area (TPSA) is 67.4 Å². The summed E-state index contributed by atoms with van der Waals surface area (Å²) in [5, 5.41) is 5.87. The van der Waals surface area contributed by atoms with Crippen molar-refractivity contribution in [3.05, 3.63) is 59.7 Å². The highest BCUT2D eigenvalue weighted by atomic mass is 16.5. The number of carbonyl (C=O) groups is 2. The van der Waals surface area contributed by atoms with Gasteiger partial charge in [0.15, 0.2) is 6.10 Å². The average Bonchev–Trinajstić information content (AvgIpc) is 3.41. The number of nitrogens with one attached hydrogen (secondary N) is 2. The largest absolute Gasteiger partial charge is 0.480 e. The quantitative estimate of drug-likeness (QED) is 0.689.